The first-order valence-electron chi connectivity index (χ1n) is 21.7. The molecule has 22 atom stereocenters. The van der Waals surface area contributed by atoms with E-state index in [0.29, 0.717) is 37.7 Å². The minimum Gasteiger partial charge on any atom is -0.458 e. The van der Waals surface area contributed by atoms with Crippen LogP contribution < -0.4 is 0 Å². The van der Waals surface area contributed by atoms with Crippen LogP contribution in [-0.4, -0.2) is 171 Å². The Bertz CT molecular complexity index is 1530. The molecule has 7 fully saturated rings. The Balaban J connectivity index is 0.861. The van der Waals surface area contributed by atoms with Gasteiger partial charge in [0.2, 0.25) is 0 Å². The second-order valence-corrected chi connectivity index (χ2v) is 19.3. The SMILES string of the molecule is CO[C@H]1C[C@@H](OC[C@H]2O[C@@H](OC[C@H]3O[C@@H](O[C@H]4CC[C@@]5(C)[C@@H](CC[C@H]6[C@H]5CC[C@]5(C)[C@H](C7=CC(=O)OC7)CC[C@]65O)C4)[C@H](O)[C@H](O)[C@@H]3O)[C@H](O)[C@H](O)[C@@H]2O)O[C@H](C)[C@@H]1O. The summed E-state index contributed by atoms with van der Waals surface area (Å²) in [6, 6.07) is 0. The monoisotopic (exact) mass is 842 g/mol. The van der Waals surface area contributed by atoms with E-state index in [4.69, 9.17) is 37.9 Å². The summed E-state index contributed by atoms with van der Waals surface area (Å²) in [4.78, 5) is 11.9. The maximum Gasteiger partial charge on any atom is 0.331 e. The van der Waals surface area contributed by atoms with Crippen molar-refractivity contribution in [3.63, 3.8) is 0 Å². The fourth-order valence-electron chi connectivity index (χ4n) is 12.8. The van der Waals surface area contributed by atoms with Gasteiger partial charge in [-0.2, -0.15) is 0 Å². The number of hydrogen-bond donors (Lipinski definition) is 8. The quantitative estimate of drug-likeness (QED) is 0.105. The number of cyclic esters (lactones) is 1. The van der Waals surface area contributed by atoms with E-state index >= 15 is 0 Å². The van der Waals surface area contributed by atoms with Crippen molar-refractivity contribution in [2.45, 2.75) is 183 Å². The van der Waals surface area contributed by atoms with Crippen LogP contribution in [0.4, 0.5) is 0 Å². The zero-order chi connectivity index (χ0) is 42.2. The Morgan fingerprint density at radius 3 is 2.08 bits per heavy atom. The Hall–Kier alpha value is -1.39. The first-order chi connectivity index (χ1) is 28.0. The third-order valence-electron chi connectivity index (χ3n) is 16.4. The lowest BCUT2D eigenvalue weighted by atomic mass is 9.43. The number of fused-ring (bicyclic) bond motifs is 5. The highest BCUT2D eigenvalue weighted by atomic mass is 16.7. The van der Waals surface area contributed by atoms with Gasteiger partial charge in [-0.1, -0.05) is 13.8 Å². The van der Waals surface area contributed by atoms with E-state index in [1.54, 1.807) is 13.0 Å². The predicted octanol–water partition coefficient (Wildman–Crippen LogP) is -0.212. The van der Waals surface area contributed by atoms with Crippen LogP contribution in [-0.2, 0) is 42.7 Å². The number of aliphatic hydroxyl groups is 8. The van der Waals surface area contributed by atoms with E-state index in [1.165, 1.54) is 7.11 Å². The maximum absolute atomic E-state index is 12.6. The number of carbonyl (C=O) groups excluding carboxylic acids is 1. The molecule has 59 heavy (non-hydrogen) atoms. The Kier molecular flexibility index (Phi) is 12.7. The average molecular weight is 843 g/mol. The highest BCUT2D eigenvalue weighted by Gasteiger charge is 2.68. The van der Waals surface area contributed by atoms with Crippen LogP contribution in [0.1, 0.15) is 85.0 Å². The molecule has 0 aromatic heterocycles. The van der Waals surface area contributed by atoms with Crippen LogP contribution in [0.25, 0.3) is 0 Å². The highest BCUT2D eigenvalue weighted by Crippen LogP contribution is 2.70. The van der Waals surface area contributed by atoms with Gasteiger partial charge in [0, 0.05) is 25.0 Å². The first kappa shape index (κ1) is 44.2. The van der Waals surface area contributed by atoms with Crippen LogP contribution in [0.5, 0.6) is 0 Å². The number of methoxy groups -OCH3 is 1. The van der Waals surface area contributed by atoms with Crippen molar-refractivity contribution >= 4 is 5.97 Å². The number of carbonyl (C=O) groups is 1. The van der Waals surface area contributed by atoms with E-state index in [2.05, 4.69) is 13.8 Å². The largest absolute Gasteiger partial charge is 0.458 e. The number of rotatable bonds is 10. The summed E-state index contributed by atoms with van der Waals surface area (Å²) in [5.74, 6) is 0.615. The van der Waals surface area contributed by atoms with Crippen LogP contribution in [0.3, 0.4) is 0 Å². The third kappa shape index (κ3) is 7.75. The fraction of sp³-hybridized carbons (Fsp3) is 0.929. The molecule has 0 bridgehead atoms. The molecule has 8 N–H and O–H groups in total. The number of esters is 1. The summed E-state index contributed by atoms with van der Waals surface area (Å²) in [7, 11) is 1.47. The fourth-order valence-corrected chi connectivity index (χ4v) is 12.8. The standard InChI is InChI=1S/C42H66O17/c1-19-31(44)26(52-4)15-30(56-19)54-17-27-32(45)34(47)36(49)38(58-27)55-18-28-33(46)35(48)37(50)39(59-28)57-22-7-10-40(2)21(14-22)5-6-25-24(40)8-11-41(3)23(9-12-42(25,41)51)20-13-29(43)53-16-20/h13,19,21-28,30-39,44-51H,5-12,14-18H2,1-4H3/t19-,21+,22+,23+,24-,25+,26+,27-,28-,30+,31+,32-,33-,34-,35-,36-,37-,38-,39-,40+,41-,42+/m1/s1. The Morgan fingerprint density at radius 1 is 0.729 bits per heavy atom. The van der Waals surface area contributed by atoms with Crippen LogP contribution in [0, 0.1) is 34.5 Å². The van der Waals surface area contributed by atoms with Gasteiger partial charge in [-0.25, -0.2) is 4.79 Å². The zero-order valence-electron chi connectivity index (χ0n) is 34.5. The smallest absolute Gasteiger partial charge is 0.331 e. The molecule has 0 spiro atoms. The van der Waals surface area contributed by atoms with Gasteiger partial charge in [0.05, 0.1) is 37.1 Å². The minimum absolute atomic E-state index is 0.0275. The molecule has 17 nitrogen and oxygen atoms in total. The molecule has 0 radical (unpaired) electrons. The van der Waals surface area contributed by atoms with Crippen molar-refractivity contribution in [2.75, 3.05) is 26.9 Å². The van der Waals surface area contributed by atoms with E-state index in [0.717, 1.165) is 44.1 Å². The van der Waals surface area contributed by atoms with E-state index < -0.39 is 98.2 Å². The van der Waals surface area contributed by atoms with Gasteiger partial charge in [0.1, 0.15) is 61.5 Å². The van der Waals surface area contributed by atoms with Gasteiger partial charge in [-0.3, -0.25) is 0 Å². The van der Waals surface area contributed by atoms with Gasteiger partial charge in [-0.15, -0.1) is 0 Å². The summed E-state index contributed by atoms with van der Waals surface area (Å²) in [5, 5.41) is 87.7. The molecule has 0 aromatic carbocycles. The van der Waals surface area contributed by atoms with Crippen LogP contribution >= 0.6 is 0 Å². The van der Waals surface area contributed by atoms with E-state index in [9.17, 15) is 45.6 Å². The molecule has 4 saturated carbocycles. The topological polar surface area (TPSA) is 253 Å². The number of hydrogen-bond acceptors (Lipinski definition) is 17. The summed E-state index contributed by atoms with van der Waals surface area (Å²) >= 11 is 0. The van der Waals surface area contributed by atoms with Crippen molar-refractivity contribution in [3.8, 4) is 0 Å². The minimum atomic E-state index is -1.69. The van der Waals surface area contributed by atoms with Crippen molar-refractivity contribution in [3.05, 3.63) is 11.6 Å². The second kappa shape index (κ2) is 17.0. The molecule has 0 amide bonds. The second-order valence-electron chi connectivity index (χ2n) is 19.3. The Labute approximate surface area is 344 Å². The molecule has 17 heteroatoms. The van der Waals surface area contributed by atoms with Crippen LogP contribution in [0.15, 0.2) is 11.6 Å². The molecule has 0 unspecified atom stereocenters. The first-order valence-corrected chi connectivity index (χ1v) is 21.7. The number of ether oxygens (including phenoxy) is 8. The van der Waals surface area contributed by atoms with Crippen molar-refractivity contribution in [1.82, 2.24) is 0 Å². The van der Waals surface area contributed by atoms with Crippen molar-refractivity contribution in [2.24, 2.45) is 34.5 Å². The molecule has 336 valence electrons. The summed E-state index contributed by atoms with van der Waals surface area (Å²) in [6.45, 7) is 5.86. The van der Waals surface area contributed by atoms with Crippen molar-refractivity contribution < 1.29 is 83.5 Å². The summed E-state index contributed by atoms with van der Waals surface area (Å²) < 4.78 is 46.1. The van der Waals surface area contributed by atoms with Gasteiger partial charge in [0.25, 0.3) is 0 Å². The summed E-state index contributed by atoms with van der Waals surface area (Å²) in [6.07, 6.45) is -8.63. The van der Waals surface area contributed by atoms with Crippen LogP contribution in [0.2, 0.25) is 0 Å². The molecule has 4 aliphatic heterocycles. The van der Waals surface area contributed by atoms with Crippen molar-refractivity contribution in [1.29, 1.82) is 0 Å². The lowest BCUT2D eigenvalue weighted by Gasteiger charge is -2.64. The average Bonchev–Trinajstić information content (AvgIpc) is 3.77. The molecule has 8 rings (SSSR count). The van der Waals surface area contributed by atoms with E-state index in [-0.39, 0.29) is 47.8 Å². The molecule has 0 aromatic rings. The van der Waals surface area contributed by atoms with Gasteiger partial charge in [0.15, 0.2) is 18.9 Å². The lowest BCUT2D eigenvalue weighted by molar-refractivity contribution is -0.342. The lowest BCUT2D eigenvalue weighted by Crippen LogP contribution is -2.63. The molecule has 3 saturated heterocycles. The van der Waals surface area contributed by atoms with Gasteiger partial charge in [-0.05, 0) is 99.4 Å². The number of aliphatic hydroxyl groups excluding tert-OH is 7. The maximum atomic E-state index is 12.6. The van der Waals surface area contributed by atoms with Gasteiger partial charge < -0.3 is 78.7 Å². The molecular formula is C42H66O17. The predicted molar refractivity (Wildman–Crippen MR) is 202 cm³/mol. The zero-order valence-corrected chi connectivity index (χ0v) is 34.5. The molecule has 4 heterocycles. The Morgan fingerprint density at radius 2 is 1.41 bits per heavy atom. The highest BCUT2D eigenvalue weighted by molar-refractivity contribution is 5.85. The summed E-state index contributed by atoms with van der Waals surface area (Å²) in [5.41, 5.74) is -0.156. The molecular weight excluding hydrogens is 776 g/mol. The normalized spacial score (nSPS) is 53.9. The third-order valence-corrected chi connectivity index (χ3v) is 16.4. The van der Waals surface area contributed by atoms with Gasteiger partial charge >= 0.3 is 5.97 Å². The molecule has 8 aliphatic rings. The molecule has 4 aliphatic carbocycles. The van der Waals surface area contributed by atoms with E-state index in [1.807, 2.05) is 0 Å².